The number of hydrogen-bond acceptors (Lipinski definition) is 9. The third-order valence-corrected chi connectivity index (χ3v) is 9.15. The lowest BCUT2D eigenvalue weighted by molar-refractivity contribution is -0.0715. The number of benzene rings is 3. The van der Waals surface area contributed by atoms with E-state index >= 15 is 8.78 Å². The SMILES string of the molecule is CC1(C)COC[C@H]1n1c(Cc2cc(F)c(-c3cccc4c3O[C@@](C)(c3ccc(C#N)cn3)O4)cc2F)nc2ccc(-c3noc(=O)[nH]3)cc21. The van der Waals surface area contributed by atoms with Crippen molar-refractivity contribution in [3.05, 3.63) is 112 Å². The maximum atomic E-state index is 16.1. The van der Waals surface area contributed by atoms with Crippen LogP contribution in [0.25, 0.3) is 33.5 Å². The molecule has 0 bridgehead atoms. The summed E-state index contributed by atoms with van der Waals surface area (Å²) in [5.41, 5.74) is 2.92. The van der Waals surface area contributed by atoms with Gasteiger partial charge >= 0.3 is 5.76 Å². The molecule has 2 aliphatic heterocycles. The van der Waals surface area contributed by atoms with E-state index < -0.39 is 23.2 Å². The van der Waals surface area contributed by atoms with Crippen LogP contribution in [0.5, 0.6) is 11.5 Å². The Morgan fingerprint density at radius 3 is 2.61 bits per heavy atom. The molecular formula is C36H28F2N6O5. The summed E-state index contributed by atoms with van der Waals surface area (Å²) in [6.45, 7) is 6.76. The predicted octanol–water partition coefficient (Wildman–Crippen LogP) is 6.42. The van der Waals surface area contributed by atoms with E-state index in [-0.39, 0.29) is 40.6 Å². The van der Waals surface area contributed by atoms with Crippen LogP contribution in [0.4, 0.5) is 8.78 Å². The number of H-pyrrole nitrogens is 1. The first-order valence-electron chi connectivity index (χ1n) is 15.5. The van der Waals surface area contributed by atoms with Gasteiger partial charge in [-0.05, 0) is 54.1 Å². The number of hydrogen-bond donors (Lipinski definition) is 1. The van der Waals surface area contributed by atoms with Gasteiger partial charge in [0.25, 0.3) is 5.79 Å². The highest BCUT2D eigenvalue weighted by Crippen LogP contribution is 2.49. The summed E-state index contributed by atoms with van der Waals surface area (Å²) in [5.74, 6) is -1.90. The fourth-order valence-corrected chi connectivity index (χ4v) is 6.57. The summed E-state index contributed by atoms with van der Waals surface area (Å²) in [6, 6.07) is 17.8. The summed E-state index contributed by atoms with van der Waals surface area (Å²) in [6.07, 6.45) is 1.41. The topological polar surface area (TPSA) is 141 Å². The average molecular weight is 663 g/mol. The highest BCUT2D eigenvalue weighted by atomic mass is 19.1. The van der Waals surface area contributed by atoms with Crippen LogP contribution in [0.3, 0.4) is 0 Å². The zero-order valence-corrected chi connectivity index (χ0v) is 26.6. The molecule has 6 aromatic rings. The molecule has 5 heterocycles. The summed E-state index contributed by atoms with van der Waals surface area (Å²) >= 11 is 0. The lowest BCUT2D eigenvalue weighted by atomic mass is 9.87. The minimum Gasteiger partial charge on any atom is -0.443 e. The number of rotatable bonds is 6. The molecule has 1 fully saturated rings. The number of aromatic amines is 1. The lowest BCUT2D eigenvalue weighted by Crippen LogP contribution is -2.32. The van der Waals surface area contributed by atoms with E-state index in [1.54, 1.807) is 49.4 Å². The third kappa shape index (κ3) is 5.12. The van der Waals surface area contributed by atoms with Gasteiger partial charge < -0.3 is 18.8 Å². The van der Waals surface area contributed by atoms with E-state index in [2.05, 4.69) is 29.0 Å². The molecule has 49 heavy (non-hydrogen) atoms. The molecule has 0 saturated carbocycles. The normalized spacial score (nSPS) is 19.4. The smallest absolute Gasteiger partial charge is 0.439 e. The van der Waals surface area contributed by atoms with Gasteiger partial charge in [0.2, 0.25) is 0 Å². The van der Waals surface area contributed by atoms with E-state index in [1.807, 2.05) is 16.7 Å². The molecule has 3 aromatic heterocycles. The quantitative estimate of drug-likeness (QED) is 0.214. The zero-order valence-electron chi connectivity index (χ0n) is 26.6. The monoisotopic (exact) mass is 662 g/mol. The maximum Gasteiger partial charge on any atom is 0.439 e. The number of halogens is 2. The fourth-order valence-electron chi connectivity index (χ4n) is 6.57. The Bertz CT molecular complexity index is 2370. The number of ether oxygens (including phenoxy) is 3. The standard InChI is InChI=1S/C36H28F2N6O5/c1-35(2)18-46-17-30(35)44-27-12-20(33-42-34(45)49-43-33)8-9-26(27)41-31(44)13-21-11-25(38)23(14-24(21)37)22-5-4-6-28-32(22)48-36(3,47-28)29-10-7-19(15-39)16-40-29/h4-12,14,16,30H,13,17-18H2,1-3H3,(H,42,43,45)/t30-,36+/m1/s1. The van der Waals surface area contributed by atoms with Crippen molar-refractivity contribution >= 4 is 11.0 Å². The summed E-state index contributed by atoms with van der Waals surface area (Å²) < 4.78 is 57.0. The number of fused-ring (bicyclic) bond motifs is 2. The van der Waals surface area contributed by atoms with Gasteiger partial charge in [0.1, 0.15) is 29.2 Å². The number of nitrogens with zero attached hydrogens (tertiary/aromatic N) is 5. The summed E-state index contributed by atoms with van der Waals surface area (Å²) in [5, 5.41) is 12.9. The first-order chi connectivity index (χ1) is 23.5. The number of imidazole rings is 1. The average Bonchev–Trinajstić information content (AvgIpc) is 3.85. The van der Waals surface area contributed by atoms with E-state index in [0.29, 0.717) is 52.7 Å². The molecule has 0 unspecified atom stereocenters. The van der Waals surface area contributed by atoms with E-state index in [4.69, 9.17) is 29.0 Å². The molecule has 246 valence electrons. The fraction of sp³-hybridized carbons (Fsp3) is 0.250. The predicted molar refractivity (Wildman–Crippen MR) is 172 cm³/mol. The van der Waals surface area contributed by atoms with Gasteiger partial charge in [0.05, 0.1) is 35.9 Å². The highest BCUT2D eigenvalue weighted by molar-refractivity contribution is 5.82. The minimum absolute atomic E-state index is 0.00353. The van der Waals surface area contributed by atoms with Crippen LogP contribution in [-0.2, 0) is 16.9 Å². The van der Waals surface area contributed by atoms with Crippen molar-refractivity contribution in [2.24, 2.45) is 5.41 Å². The molecule has 11 nitrogen and oxygen atoms in total. The molecule has 1 N–H and O–H groups in total. The largest absolute Gasteiger partial charge is 0.443 e. The molecule has 2 atom stereocenters. The van der Waals surface area contributed by atoms with Gasteiger partial charge in [0, 0.05) is 41.6 Å². The van der Waals surface area contributed by atoms with Crippen molar-refractivity contribution in [3.8, 4) is 40.1 Å². The van der Waals surface area contributed by atoms with Crippen molar-refractivity contribution in [3.63, 3.8) is 0 Å². The van der Waals surface area contributed by atoms with E-state index in [0.717, 1.165) is 11.6 Å². The molecule has 3 aromatic carbocycles. The van der Waals surface area contributed by atoms with Crippen LogP contribution in [0.2, 0.25) is 0 Å². The Morgan fingerprint density at radius 1 is 1.04 bits per heavy atom. The van der Waals surface area contributed by atoms with Crippen LogP contribution in [0, 0.1) is 28.4 Å². The van der Waals surface area contributed by atoms with Crippen molar-refractivity contribution < 1.29 is 27.5 Å². The first-order valence-corrected chi connectivity index (χ1v) is 15.5. The Balaban J connectivity index is 1.16. The van der Waals surface area contributed by atoms with Crippen LogP contribution in [0.15, 0.2) is 76.2 Å². The van der Waals surface area contributed by atoms with Crippen LogP contribution in [-0.4, -0.2) is 37.9 Å². The van der Waals surface area contributed by atoms with Crippen LogP contribution in [0.1, 0.15) is 49.5 Å². The molecule has 2 aliphatic rings. The van der Waals surface area contributed by atoms with Crippen molar-refractivity contribution in [1.29, 1.82) is 5.26 Å². The molecule has 0 amide bonds. The van der Waals surface area contributed by atoms with Gasteiger partial charge in [0.15, 0.2) is 17.3 Å². The van der Waals surface area contributed by atoms with Gasteiger partial charge in [-0.25, -0.2) is 18.6 Å². The third-order valence-electron chi connectivity index (χ3n) is 9.15. The Labute approximate surface area is 277 Å². The second-order valence-corrected chi connectivity index (χ2v) is 13.0. The first kappa shape index (κ1) is 30.5. The maximum absolute atomic E-state index is 16.1. The number of pyridine rings is 1. The number of nitriles is 1. The Kier molecular flexibility index (Phi) is 6.90. The molecule has 13 heteroatoms. The lowest BCUT2D eigenvalue weighted by Gasteiger charge is -2.28. The molecular weight excluding hydrogens is 634 g/mol. The molecule has 8 rings (SSSR count). The van der Waals surface area contributed by atoms with Gasteiger partial charge in [-0.15, -0.1) is 0 Å². The van der Waals surface area contributed by atoms with E-state index in [9.17, 15) is 4.79 Å². The van der Waals surface area contributed by atoms with Gasteiger partial charge in [-0.1, -0.05) is 31.1 Å². The van der Waals surface area contributed by atoms with Gasteiger partial charge in [-0.3, -0.25) is 14.5 Å². The molecule has 0 aliphatic carbocycles. The minimum atomic E-state index is -1.35. The summed E-state index contributed by atoms with van der Waals surface area (Å²) in [7, 11) is 0. The number of para-hydroxylation sites is 1. The van der Waals surface area contributed by atoms with E-state index in [1.165, 1.54) is 12.3 Å². The van der Waals surface area contributed by atoms with Crippen molar-refractivity contribution in [2.45, 2.75) is 39.0 Å². The molecule has 1 saturated heterocycles. The second kappa shape index (κ2) is 11.1. The highest BCUT2D eigenvalue weighted by Gasteiger charge is 2.42. The molecule has 0 radical (unpaired) electrons. The Hall–Kier alpha value is -5.87. The van der Waals surface area contributed by atoms with Crippen molar-refractivity contribution in [1.82, 2.24) is 24.7 Å². The zero-order chi connectivity index (χ0) is 34.1. The Morgan fingerprint density at radius 2 is 1.90 bits per heavy atom. The van der Waals surface area contributed by atoms with Crippen LogP contribution < -0.4 is 15.2 Å². The number of aromatic nitrogens is 5. The van der Waals surface area contributed by atoms with Gasteiger partial charge in [-0.2, -0.15) is 5.26 Å². The van der Waals surface area contributed by atoms with Crippen molar-refractivity contribution in [2.75, 3.05) is 13.2 Å². The van der Waals surface area contributed by atoms with Crippen LogP contribution >= 0.6 is 0 Å². The molecule has 0 spiro atoms. The summed E-state index contributed by atoms with van der Waals surface area (Å²) in [4.78, 5) is 23.4. The number of nitrogens with one attached hydrogen (secondary N) is 1. The second-order valence-electron chi connectivity index (χ2n) is 13.0.